The molecule has 4 aromatic heterocycles. The molecular formula is C27H28F3N9O2. The molecule has 2 atom stereocenters. The number of halogens is 3. The molecule has 14 heteroatoms. The molecule has 0 radical (unpaired) electrons. The van der Waals surface area contributed by atoms with E-state index in [1.807, 2.05) is 21.6 Å². The van der Waals surface area contributed by atoms with E-state index in [1.165, 1.54) is 6.07 Å². The van der Waals surface area contributed by atoms with Crippen molar-refractivity contribution in [2.75, 3.05) is 56.4 Å². The maximum Gasteiger partial charge on any atom is 0.223 e. The topological polar surface area (TPSA) is 115 Å². The number of nitrogens with two attached hydrogens (primary N) is 1. The number of piperazine rings is 1. The van der Waals surface area contributed by atoms with Crippen LogP contribution in [0.1, 0.15) is 0 Å². The van der Waals surface area contributed by atoms with Crippen molar-refractivity contribution in [2.45, 2.75) is 18.8 Å². The number of nitrogens with one attached hydrogen (secondary N) is 1. The van der Waals surface area contributed by atoms with Crippen LogP contribution in [0, 0.1) is 11.6 Å². The molecule has 2 aliphatic rings. The molecular weight excluding hydrogens is 539 g/mol. The van der Waals surface area contributed by atoms with Gasteiger partial charge in [0.15, 0.2) is 29.1 Å². The first-order valence-corrected chi connectivity index (χ1v) is 13.5. The zero-order valence-corrected chi connectivity index (χ0v) is 22.0. The van der Waals surface area contributed by atoms with E-state index in [4.69, 9.17) is 14.9 Å². The van der Waals surface area contributed by atoms with E-state index in [0.29, 0.717) is 55.3 Å². The molecule has 2 fully saturated rings. The third-order valence-electron chi connectivity index (χ3n) is 7.71. The maximum absolute atomic E-state index is 14.7. The first kappa shape index (κ1) is 25.7. The van der Waals surface area contributed by atoms with Crippen molar-refractivity contribution in [1.29, 1.82) is 0 Å². The van der Waals surface area contributed by atoms with Crippen LogP contribution in [0.25, 0.3) is 28.1 Å². The standard InChI is InChI=1S/C27H28F3N9O2/c28-16-10-17(29)23(41-24-14-32-13-18(24)30)12-20(16)37-6-3-36(4-7-37)5-8-38-15-33-25-21-11-19(22-2-1-9-40-22)35-39(21)27(31)34-26(25)38/h1-2,9-12,15,18,24,32H,3-8,13-14H2,(H2,31,34)/t18-,24-/m0/s1. The SMILES string of the molecule is Nc1nc2c(ncn2CCN2CCN(c3cc(O[C@H]4CNC[C@@H]4F)c(F)cc3F)CC2)c2cc(-c3ccco3)nn12. The number of aromatic nitrogens is 5. The molecule has 7 rings (SSSR count). The maximum atomic E-state index is 14.7. The van der Waals surface area contributed by atoms with Crippen molar-refractivity contribution < 1.29 is 22.3 Å². The van der Waals surface area contributed by atoms with Gasteiger partial charge in [0.25, 0.3) is 0 Å². The number of nitrogen functional groups attached to an aromatic ring is 1. The third kappa shape index (κ3) is 4.72. The van der Waals surface area contributed by atoms with Gasteiger partial charge in [-0.15, -0.1) is 0 Å². The summed E-state index contributed by atoms with van der Waals surface area (Å²) in [6.07, 6.45) is 1.29. The van der Waals surface area contributed by atoms with Crippen molar-refractivity contribution in [2.24, 2.45) is 0 Å². The zero-order chi connectivity index (χ0) is 28.1. The summed E-state index contributed by atoms with van der Waals surface area (Å²) < 4.78 is 57.6. The lowest BCUT2D eigenvalue weighted by Gasteiger charge is -2.36. The molecule has 0 unspecified atom stereocenters. The first-order valence-electron chi connectivity index (χ1n) is 13.5. The Morgan fingerprint density at radius 2 is 1.93 bits per heavy atom. The van der Waals surface area contributed by atoms with E-state index < -0.39 is 23.9 Å². The molecule has 1 aromatic carbocycles. The van der Waals surface area contributed by atoms with Gasteiger partial charge >= 0.3 is 0 Å². The van der Waals surface area contributed by atoms with Gasteiger partial charge in [-0.2, -0.15) is 14.6 Å². The van der Waals surface area contributed by atoms with Crippen LogP contribution in [0.15, 0.2) is 47.3 Å². The van der Waals surface area contributed by atoms with Gasteiger partial charge in [0.2, 0.25) is 5.95 Å². The number of nitrogens with zero attached hydrogens (tertiary/aromatic N) is 7. The molecule has 41 heavy (non-hydrogen) atoms. The number of rotatable bonds is 7. The number of furan rings is 1. The van der Waals surface area contributed by atoms with E-state index in [9.17, 15) is 13.2 Å². The molecule has 11 nitrogen and oxygen atoms in total. The second kappa shape index (κ2) is 10.3. The average Bonchev–Trinajstić information content (AvgIpc) is 3.77. The molecule has 214 valence electrons. The van der Waals surface area contributed by atoms with Crippen molar-refractivity contribution in [3.63, 3.8) is 0 Å². The largest absolute Gasteiger partial charge is 0.483 e. The fraction of sp³-hybridized carbons (Fsp3) is 0.370. The van der Waals surface area contributed by atoms with Crippen molar-refractivity contribution >= 4 is 28.3 Å². The van der Waals surface area contributed by atoms with Gasteiger partial charge in [0.05, 0.1) is 18.3 Å². The van der Waals surface area contributed by atoms with Crippen LogP contribution in [0.2, 0.25) is 0 Å². The highest BCUT2D eigenvalue weighted by Crippen LogP contribution is 2.31. The summed E-state index contributed by atoms with van der Waals surface area (Å²) >= 11 is 0. The van der Waals surface area contributed by atoms with Crippen LogP contribution in [0.3, 0.4) is 0 Å². The van der Waals surface area contributed by atoms with Crippen LogP contribution < -0.4 is 20.7 Å². The minimum Gasteiger partial charge on any atom is -0.483 e. The summed E-state index contributed by atoms with van der Waals surface area (Å²) in [5.41, 5.74) is 9.21. The van der Waals surface area contributed by atoms with Crippen LogP contribution in [-0.2, 0) is 6.54 Å². The minimum absolute atomic E-state index is 0.137. The van der Waals surface area contributed by atoms with Crippen LogP contribution in [0.5, 0.6) is 5.75 Å². The Balaban J connectivity index is 1.02. The van der Waals surface area contributed by atoms with E-state index >= 15 is 0 Å². The lowest BCUT2D eigenvalue weighted by atomic mass is 10.2. The molecule has 0 amide bonds. The van der Waals surface area contributed by atoms with Crippen molar-refractivity contribution in [1.82, 2.24) is 34.4 Å². The second-order valence-corrected chi connectivity index (χ2v) is 10.3. The Morgan fingerprint density at radius 1 is 1.07 bits per heavy atom. The van der Waals surface area contributed by atoms with E-state index in [-0.39, 0.29) is 30.5 Å². The molecule has 6 heterocycles. The monoisotopic (exact) mass is 567 g/mol. The summed E-state index contributed by atoms with van der Waals surface area (Å²) in [5, 5.41) is 7.38. The van der Waals surface area contributed by atoms with Crippen LogP contribution in [0.4, 0.5) is 24.8 Å². The Kier molecular flexibility index (Phi) is 6.43. The third-order valence-corrected chi connectivity index (χ3v) is 7.71. The second-order valence-electron chi connectivity index (χ2n) is 10.3. The number of anilines is 2. The first-order chi connectivity index (χ1) is 19.9. The lowest BCUT2D eigenvalue weighted by molar-refractivity contribution is 0.134. The molecule has 0 aliphatic carbocycles. The number of hydrogen-bond acceptors (Lipinski definition) is 9. The minimum atomic E-state index is -1.24. The number of imidazole rings is 1. The summed E-state index contributed by atoms with van der Waals surface area (Å²) in [5.74, 6) is -0.765. The van der Waals surface area contributed by atoms with E-state index in [0.717, 1.165) is 18.1 Å². The molecule has 2 saturated heterocycles. The number of alkyl halides is 1. The highest BCUT2D eigenvalue weighted by atomic mass is 19.1. The Morgan fingerprint density at radius 3 is 2.68 bits per heavy atom. The predicted molar refractivity (Wildman–Crippen MR) is 146 cm³/mol. The highest BCUT2D eigenvalue weighted by Gasteiger charge is 2.30. The zero-order valence-electron chi connectivity index (χ0n) is 22.0. The normalized spacial score (nSPS) is 20.0. The summed E-state index contributed by atoms with van der Waals surface area (Å²) in [6, 6.07) is 7.65. The summed E-state index contributed by atoms with van der Waals surface area (Å²) in [7, 11) is 0. The summed E-state index contributed by atoms with van der Waals surface area (Å²) in [6.45, 7) is 4.21. The Bertz CT molecular complexity index is 1700. The van der Waals surface area contributed by atoms with Gasteiger partial charge < -0.3 is 29.7 Å². The van der Waals surface area contributed by atoms with Gasteiger partial charge in [0.1, 0.15) is 28.6 Å². The predicted octanol–water partition coefficient (Wildman–Crippen LogP) is 2.71. The van der Waals surface area contributed by atoms with Gasteiger partial charge in [0, 0.05) is 64.5 Å². The molecule has 2 aliphatic heterocycles. The van der Waals surface area contributed by atoms with Crippen molar-refractivity contribution in [3.05, 3.63) is 54.6 Å². The van der Waals surface area contributed by atoms with Crippen LogP contribution >= 0.6 is 0 Å². The van der Waals surface area contributed by atoms with Crippen molar-refractivity contribution in [3.8, 4) is 17.2 Å². The van der Waals surface area contributed by atoms with Gasteiger partial charge in [-0.25, -0.2) is 18.2 Å². The van der Waals surface area contributed by atoms with Gasteiger partial charge in [-0.1, -0.05) is 0 Å². The number of fused-ring (bicyclic) bond motifs is 3. The van der Waals surface area contributed by atoms with Crippen LogP contribution in [-0.4, -0.2) is 87.1 Å². The number of hydrogen-bond donors (Lipinski definition) is 2. The fourth-order valence-corrected chi connectivity index (χ4v) is 5.48. The smallest absolute Gasteiger partial charge is 0.223 e. The number of benzene rings is 1. The Labute approximate surface area is 232 Å². The molecule has 3 N–H and O–H groups in total. The molecule has 0 spiro atoms. The van der Waals surface area contributed by atoms with Gasteiger partial charge in [-0.3, -0.25) is 4.90 Å². The molecule has 0 saturated carbocycles. The van der Waals surface area contributed by atoms with E-state index in [1.54, 1.807) is 23.2 Å². The number of ether oxygens (including phenoxy) is 1. The van der Waals surface area contributed by atoms with Gasteiger partial charge in [-0.05, 0) is 18.2 Å². The fourth-order valence-electron chi connectivity index (χ4n) is 5.48. The van der Waals surface area contributed by atoms with E-state index in [2.05, 4.69) is 25.3 Å². The summed E-state index contributed by atoms with van der Waals surface area (Å²) in [4.78, 5) is 13.2. The quantitative estimate of drug-likeness (QED) is 0.306. The molecule has 0 bridgehead atoms. The highest BCUT2D eigenvalue weighted by molar-refractivity contribution is 5.90. The molecule has 5 aromatic rings. The Hall–Kier alpha value is -4.30. The average molecular weight is 568 g/mol. The lowest BCUT2D eigenvalue weighted by Crippen LogP contribution is -2.47.